The van der Waals surface area contributed by atoms with Crippen LogP contribution in [-0.4, -0.2) is 11.9 Å². The molecule has 2 rings (SSSR count). The molecule has 2 aromatic carbocycles. The Morgan fingerprint density at radius 3 is 2.17 bits per heavy atom. The maximum atomic E-state index is 12.2. The fourth-order valence-electron chi connectivity index (χ4n) is 2.17. The average molecular weight is 311 g/mol. The second-order valence-corrected chi connectivity index (χ2v) is 5.50. The molecule has 0 fully saturated rings. The van der Waals surface area contributed by atoms with Crippen molar-refractivity contribution in [2.24, 2.45) is 0 Å². The third kappa shape index (κ3) is 4.68. The van der Waals surface area contributed by atoms with E-state index in [-0.39, 0.29) is 11.9 Å². The number of esters is 1. The molecule has 0 aliphatic heterocycles. The van der Waals surface area contributed by atoms with Gasteiger partial charge < -0.3 is 10.1 Å². The molecule has 1 atom stereocenters. The molecule has 2 aromatic rings. The van der Waals surface area contributed by atoms with E-state index in [4.69, 9.17) is 4.74 Å². The molecule has 0 spiro atoms. The third-order valence-corrected chi connectivity index (χ3v) is 3.73. The average Bonchev–Trinajstić information content (AvgIpc) is 2.55. The molecule has 0 aliphatic carbocycles. The highest BCUT2D eigenvalue weighted by atomic mass is 16.5. The van der Waals surface area contributed by atoms with Gasteiger partial charge in [-0.15, -0.1) is 0 Å². The van der Waals surface area contributed by atoms with Gasteiger partial charge in [0.2, 0.25) is 0 Å². The Labute approximate surface area is 136 Å². The van der Waals surface area contributed by atoms with Gasteiger partial charge in [0.25, 0.3) is 5.91 Å². The van der Waals surface area contributed by atoms with E-state index in [2.05, 4.69) is 19.2 Å². The first-order valence-electron chi connectivity index (χ1n) is 7.69. The number of anilines is 1. The lowest BCUT2D eigenvalue weighted by Crippen LogP contribution is -2.12. The molecule has 1 unspecified atom stereocenters. The monoisotopic (exact) mass is 311 g/mol. The Morgan fingerprint density at radius 1 is 1.04 bits per heavy atom. The SMILES string of the molecule is CCC(C)c1ccc(NC(=O)c2ccc(OC(C)=O)cc2)cc1. The fourth-order valence-corrected chi connectivity index (χ4v) is 2.17. The van der Waals surface area contributed by atoms with Crippen LogP contribution < -0.4 is 10.1 Å². The largest absolute Gasteiger partial charge is 0.427 e. The number of benzene rings is 2. The van der Waals surface area contributed by atoms with Crippen LogP contribution in [0.15, 0.2) is 48.5 Å². The maximum absolute atomic E-state index is 12.2. The molecule has 0 aromatic heterocycles. The van der Waals surface area contributed by atoms with E-state index in [0.717, 1.165) is 12.1 Å². The van der Waals surface area contributed by atoms with Crippen molar-refractivity contribution in [3.8, 4) is 5.75 Å². The van der Waals surface area contributed by atoms with Crippen molar-refractivity contribution in [1.82, 2.24) is 0 Å². The van der Waals surface area contributed by atoms with Gasteiger partial charge in [0.15, 0.2) is 0 Å². The van der Waals surface area contributed by atoms with Crippen LogP contribution in [0.1, 0.15) is 49.0 Å². The van der Waals surface area contributed by atoms with E-state index in [1.54, 1.807) is 24.3 Å². The first-order valence-corrected chi connectivity index (χ1v) is 7.69. The van der Waals surface area contributed by atoms with Gasteiger partial charge in [-0.05, 0) is 54.3 Å². The first-order chi connectivity index (χ1) is 11.0. The lowest BCUT2D eigenvalue weighted by Gasteiger charge is -2.10. The second-order valence-electron chi connectivity index (χ2n) is 5.50. The van der Waals surface area contributed by atoms with Crippen LogP contribution in [0.4, 0.5) is 5.69 Å². The molecule has 120 valence electrons. The molecular formula is C19H21NO3. The van der Waals surface area contributed by atoms with Crippen molar-refractivity contribution in [2.45, 2.75) is 33.1 Å². The third-order valence-electron chi connectivity index (χ3n) is 3.73. The minimum absolute atomic E-state index is 0.198. The van der Waals surface area contributed by atoms with Crippen LogP contribution in [0.25, 0.3) is 0 Å². The number of carbonyl (C=O) groups excluding carboxylic acids is 2. The quantitative estimate of drug-likeness (QED) is 0.658. The van der Waals surface area contributed by atoms with Crippen molar-refractivity contribution >= 4 is 17.6 Å². The van der Waals surface area contributed by atoms with Gasteiger partial charge in [-0.25, -0.2) is 0 Å². The van der Waals surface area contributed by atoms with Gasteiger partial charge in [-0.1, -0.05) is 26.0 Å². The van der Waals surface area contributed by atoms with Crippen molar-refractivity contribution in [2.75, 3.05) is 5.32 Å². The fraction of sp³-hybridized carbons (Fsp3) is 0.263. The number of hydrogen-bond acceptors (Lipinski definition) is 3. The molecule has 4 nitrogen and oxygen atoms in total. The van der Waals surface area contributed by atoms with Crippen LogP contribution in [0, 0.1) is 0 Å². The molecule has 4 heteroatoms. The molecule has 1 amide bonds. The number of amides is 1. The van der Waals surface area contributed by atoms with E-state index in [1.807, 2.05) is 24.3 Å². The first kappa shape index (κ1) is 16.7. The number of carbonyl (C=O) groups is 2. The van der Waals surface area contributed by atoms with Crippen LogP contribution in [-0.2, 0) is 4.79 Å². The molecule has 0 saturated heterocycles. The summed E-state index contributed by atoms with van der Waals surface area (Å²) in [6.45, 7) is 5.67. The molecular weight excluding hydrogens is 290 g/mol. The second kappa shape index (κ2) is 7.58. The summed E-state index contributed by atoms with van der Waals surface area (Å²) in [7, 11) is 0. The number of nitrogens with one attached hydrogen (secondary N) is 1. The lowest BCUT2D eigenvalue weighted by molar-refractivity contribution is -0.131. The minimum atomic E-state index is -0.386. The van der Waals surface area contributed by atoms with Crippen molar-refractivity contribution in [1.29, 1.82) is 0 Å². The lowest BCUT2D eigenvalue weighted by atomic mass is 9.98. The summed E-state index contributed by atoms with van der Waals surface area (Å²) >= 11 is 0. The van der Waals surface area contributed by atoms with Gasteiger partial charge in [0, 0.05) is 18.2 Å². The van der Waals surface area contributed by atoms with Gasteiger partial charge >= 0.3 is 5.97 Å². The highest BCUT2D eigenvalue weighted by Gasteiger charge is 2.08. The van der Waals surface area contributed by atoms with Crippen molar-refractivity contribution < 1.29 is 14.3 Å². The van der Waals surface area contributed by atoms with Gasteiger partial charge in [-0.3, -0.25) is 9.59 Å². The predicted molar refractivity (Wildman–Crippen MR) is 90.9 cm³/mol. The minimum Gasteiger partial charge on any atom is -0.427 e. The number of hydrogen-bond donors (Lipinski definition) is 1. The van der Waals surface area contributed by atoms with Crippen LogP contribution in [0.2, 0.25) is 0 Å². The zero-order valence-electron chi connectivity index (χ0n) is 13.6. The standard InChI is InChI=1S/C19H21NO3/c1-4-13(2)15-5-9-17(10-6-15)20-19(22)16-7-11-18(12-8-16)23-14(3)21/h5-13H,4H2,1-3H3,(H,20,22). The molecule has 0 radical (unpaired) electrons. The predicted octanol–water partition coefficient (Wildman–Crippen LogP) is 4.38. The Bertz CT molecular complexity index is 675. The summed E-state index contributed by atoms with van der Waals surface area (Å²) in [5.74, 6) is 0.347. The molecule has 0 heterocycles. The Kier molecular flexibility index (Phi) is 5.52. The molecule has 0 aliphatic rings. The number of ether oxygens (including phenoxy) is 1. The molecule has 0 bridgehead atoms. The molecule has 1 N–H and O–H groups in total. The summed E-state index contributed by atoms with van der Waals surface area (Å²) in [6, 6.07) is 14.3. The summed E-state index contributed by atoms with van der Waals surface area (Å²) in [5, 5.41) is 2.86. The van der Waals surface area contributed by atoms with E-state index >= 15 is 0 Å². The zero-order valence-corrected chi connectivity index (χ0v) is 13.6. The smallest absolute Gasteiger partial charge is 0.308 e. The Morgan fingerprint density at radius 2 is 1.65 bits per heavy atom. The van der Waals surface area contributed by atoms with E-state index < -0.39 is 0 Å². The maximum Gasteiger partial charge on any atom is 0.308 e. The molecule has 0 saturated carbocycles. The van der Waals surface area contributed by atoms with Crippen molar-refractivity contribution in [3.05, 3.63) is 59.7 Å². The topological polar surface area (TPSA) is 55.4 Å². The van der Waals surface area contributed by atoms with Gasteiger partial charge in [0.05, 0.1) is 0 Å². The summed E-state index contributed by atoms with van der Waals surface area (Å²) in [6.07, 6.45) is 1.08. The van der Waals surface area contributed by atoms with Gasteiger partial charge in [0.1, 0.15) is 5.75 Å². The summed E-state index contributed by atoms with van der Waals surface area (Å²) in [4.78, 5) is 23.1. The Hall–Kier alpha value is -2.62. The van der Waals surface area contributed by atoms with Crippen LogP contribution in [0.3, 0.4) is 0 Å². The summed E-state index contributed by atoms with van der Waals surface area (Å²) in [5.41, 5.74) is 2.52. The van der Waals surface area contributed by atoms with E-state index in [1.165, 1.54) is 12.5 Å². The van der Waals surface area contributed by atoms with Gasteiger partial charge in [-0.2, -0.15) is 0 Å². The normalized spacial score (nSPS) is 11.6. The highest BCUT2D eigenvalue weighted by Crippen LogP contribution is 2.21. The summed E-state index contributed by atoms with van der Waals surface area (Å²) < 4.78 is 4.94. The van der Waals surface area contributed by atoms with Crippen molar-refractivity contribution in [3.63, 3.8) is 0 Å². The van der Waals surface area contributed by atoms with E-state index in [9.17, 15) is 9.59 Å². The van der Waals surface area contributed by atoms with Crippen LogP contribution >= 0.6 is 0 Å². The van der Waals surface area contributed by atoms with E-state index in [0.29, 0.717) is 17.2 Å². The zero-order chi connectivity index (χ0) is 16.8. The van der Waals surface area contributed by atoms with Crippen LogP contribution in [0.5, 0.6) is 5.75 Å². The number of rotatable bonds is 5. The Balaban J connectivity index is 2.02. The highest BCUT2D eigenvalue weighted by molar-refractivity contribution is 6.04. The molecule has 23 heavy (non-hydrogen) atoms.